The molecule has 14 heavy (non-hydrogen) atoms. The molecule has 0 aromatic carbocycles. The fraction of sp³-hybridized carbons (Fsp3) is 0.714. The molecular weight excluding hydrogens is 184 g/mol. The summed E-state index contributed by atoms with van der Waals surface area (Å²) in [6.45, 7) is 4.23. The van der Waals surface area contributed by atoms with E-state index in [0.717, 1.165) is 6.54 Å². The number of nitrogens with zero attached hydrogens (tertiary/aromatic N) is 4. The van der Waals surface area contributed by atoms with Crippen molar-refractivity contribution in [1.82, 2.24) is 30.8 Å². The van der Waals surface area contributed by atoms with Crippen molar-refractivity contribution in [2.45, 2.75) is 13.0 Å². The first kappa shape index (κ1) is 9.07. The fourth-order valence-corrected chi connectivity index (χ4v) is 1.51. The van der Waals surface area contributed by atoms with Gasteiger partial charge in [-0.1, -0.05) is 0 Å². The van der Waals surface area contributed by atoms with Crippen LogP contribution in [0.25, 0.3) is 0 Å². The zero-order valence-corrected chi connectivity index (χ0v) is 7.90. The van der Waals surface area contributed by atoms with Crippen molar-refractivity contribution in [2.75, 3.05) is 19.6 Å². The summed E-state index contributed by atoms with van der Waals surface area (Å²) in [6, 6.07) is 0.319. The van der Waals surface area contributed by atoms with E-state index in [-0.39, 0.29) is 11.7 Å². The van der Waals surface area contributed by atoms with Crippen LogP contribution < -0.4 is 5.32 Å². The molecule has 76 valence electrons. The van der Waals surface area contributed by atoms with E-state index >= 15 is 0 Å². The van der Waals surface area contributed by atoms with Crippen LogP contribution in [0.2, 0.25) is 0 Å². The number of carbonyl (C=O) groups is 1. The minimum atomic E-state index is -0.160. The van der Waals surface area contributed by atoms with Gasteiger partial charge in [0.25, 0.3) is 11.7 Å². The Morgan fingerprint density at radius 1 is 1.64 bits per heavy atom. The van der Waals surface area contributed by atoms with Gasteiger partial charge in [0.1, 0.15) is 0 Å². The van der Waals surface area contributed by atoms with Gasteiger partial charge in [-0.25, -0.2) is 0 Å². The number of tetrazole rings is 1. The van der Waals surface area contributed by atoms with Crippen LogP contribution in [0, 0.1) is 0 Å². The molecule has 1 aromatic heterocycles. The largest absolute Gasteiger partial charge is 0.333 e. The number of rotatable bonds is 1. The lowest BCUT2D eigenvalue weighted by molar-refractivity contribution is 0.0697. The lowest BCUT2D eigenvalue weighted by atomic mass is 10.2. The van der Waals surface area contributed by atoms with E-state index in [1.807, 2.05) is 6.92 Å². The first-order valence-corrected chi connectivity index (χ1v) is 4.53. The van der Waals surface area contributed by atoms with Crippen molar-refractivity contribution in [3.05, 3.63) is 5.82 Å². The molecule has 1 amide bonds. The van der Waals surface area contributed by atoms with Crippen LogP contribution in [0.3, 0.4) is 0 Å². The first-order valence-electron chi connectivity index (χ1n) is 4.53. The number of carbonyl (C=O) groups excluding carboxylic acids is 1. The van der Waals surface area contributed by atoms with Crippen LogP contribution in [0.4, 0.5) is 0 Å². The van der Waals surface area contributed by atoms with Gasteiger partial charge in [0.05, 0.1) is 0 Å². The highest BCUT2D eigenvalue weighted by atomic mass is 16.2. The van der Waals surface area contributed by atoms with Gasteiger partial charge in [-0.05, 0) is 12.1 Å². The number of aromatic nitrogens is 4. The van der Waals surface area contributed by atoms with Crippen molar-refractivity contribution in [3.8, 4) is 0 Å². The second-order valence-electron chi connectivity index (χ2n) is 3.34. The molecule has 0 radical (unpaired) electrons. The van der Waals surface area contributed by atoms with Crippen molar-refractivity contribution in [3.63, 3.8) is 0 Å². The maximum absolute atomic E-state index is 11.7. The number of H-pyrrole nitrogens is 1. The van der Waals surface area contributed by atoms with Crippen LogP contribution in [0.5, 0.6) is 0 Å². The van der Waals surface area contributed by atoms with Crippen LogP contribution in [0.1, 0.15) is 17.5 Å². The zero-order valence-electron chi connectivity index (χ0n) is 7.90. The number of aromatic amines is 1. The quantitative estimate of drug-likeness (QED) is 0.579. The van der Waals surface area contributed by atoms with E-state index in [4.69, 9.17) is 0 Å². The fourth-order valence-electron chi connectivity index (χ4n) is 1.51. The van der Waals surface area contributed by atoms with Crippen LogP contribution in [-0.2, 0) is 0 Å². The Labute approximate surface area is 80.9 Å². The van der Waals surface area contributed by atoms with Gasteiger partial charge < -0.3 is 10.2 Å². The molecule has 7 nitrogen and oxygen atoms in total. The summed E-state index contributed by atoms with van der Waals surface area (Å²) in [5.74, 6) is -0.0220. The Balaban J connectivity index is 2.04. The summed E-state index contributed by atoms with van der Waals surface area (Å²) in [6.07, 6.45) is 0. The zero-order chi connectivity index (χ0) is 9.97. The van der Waals surface area contributed by atoms with Gasteiger partial charge in [-0.3, -0.25) is 4.79 Å². The summed E-state index contributed by atoms with van der Waals surface area (Å²) < 4.78 is 0. The topological polar surface area (TPSA) is 86.8 Å². The Bertz CT molecular complexity index is 310. The Morgan fingerprint density at radius 2 is 2.50 bits per heavy atom. The summed E-state index contributed by atoms with van der Waals surface area (Å²) in [7, 11) is 0. The number of piperazine rings is 1. The third-order valence-electron chi connectivity index (χ3n) is 2.19. The van der Waals surface area contributed by atoms with Gasteiger partial charge in [-0.2, -0.15) is 5.21 Å². The molecule has 1 fully saturated rings. The molecule has 0 aliphatic carbocycles. The third-order valence-corrected chi connectivity index (χ3v) is 2.19. The van der Waals surface area contributed by atoms with E-state index < -0.39 is 0 Å². The van der Waals surface area contributed by atoms with Crippen LogP contribution >= 0.6 is 0 Å². The summed E-state index contributed by atoms with van der Waals surface area (Å²) >= 11 is 0. The summed E-state index contributed by atoms with van der Waals surface area (Å²) in [5.41, 5.74) is 0. The van der Waals surface area contributed by atoms with E-state index in [2.05, 4.69) is 25.9 Å². The third kappa shape index (κ3) is 1.72. The molecule has 2 rings (SSSR count). The van der Waals surface area contributed by atoms with E-state index in [1.54, 1.807) is 4.90 Å². The Morgan fingerprint density at radius 3 is 3.14 bits per heavy atom. The predicted molar refractivity (Wildman–Crippen MR) is 47.5 cm³/mol. The number of nitrogens with one attached hydrogen (secondary N) is 2. The molecule has 2 N–H and O–H groups in total. The van der Waals surface area contributed by atoms with E-state index in [9.17, 15) is 4.79 Å². The lowest BCUT2D eigenvalue weighted by Crippen LogP contribution is -2.51. The van der Waals surface area contributed by atoms with E-state index in [1.165, 1.54) is 0 Å². The molecule has 1 aliphatic heterocycles. The molecule has 1 atom stereocenters. The van der Waals surface area contributed by atoms with Gasteiger partial charge in [0.15, 0.2) is 0 Å². The molecule has 1 saturated heterocycles. The monoisotopic (exact) mass is 196 g/mol. The standard InChI is InChI=1S/C7H12N6O/c1-5-4-13(3-2-8-5)7(14)6-9-11-12-10-6/h5,8H,2-4H2,1H3,(H,9,10,11,12). The Hall–Kier alpha value is -1.50. The van der Waals surface area contributed by atoms with Crippen molar-refractivity contribution in [2.24, 2.45) is 0 Å². The molecule has 7 heteroatoms. The highest BCUT2D eigenvalue weighted by Crippen LogP contribution is 2.02. The molecule has 1 unspecified atom stereocenters. The van der Waals surface area contributed by atoms with Gasteiger partial charge in [0.2, 0.25) is 0 Å². The molecule has 1 aromatic rings. The molecule has 0 bridgehead atoms. The van der Waals surface area contributed by atoms with Crippen molar-refractivity contribution < 1.29 is 4.79 Å². The minimum absolute atomic E-state index is 0.138. The first-order chi connectivity index (χ1) is 6.77. The smallest absolute Gasteiger partial charge is 0.295 e. The van der Waals surface area contributed by atoms with Crippen LogP contribution in [0.15, 0.2) is 0 Å². The number of hydrogen-bond acceptors (Lipinski definition) is 5. The molecule has 0 saturated carbocycles. The van der Waals surface area contributed by atoms with E-state index in [0.29, 0.717) is 19.1 Å². The average molecular weight is 196 g/mol. The van der Waals surface area contributed by atoms with Crippen molar-refractivity contribution >= 4 is 5.91 Å². The average Bonchev–Trinajstić information content (AvgIpc) is 2.69. The molecular formula is C7H12N6O. The SMILES string of the molecule is CC1CN(C(=O)c2nn[nH]n2)CCN1. The second-order valence-corrected chi connectivity index (χ2v) is 3.34. The van der Waals surface area contributed by atoms with Crippen LogP contribution in [-0.4, -0.2) is 57.1 Å². The Kier molecular flexibility index (Phi) is 2.40. The lowest BCUT2D eigenvalue weighted by Gasteiger charge is -2.30. The van der Waals surface area contributed by atoms with Crippen molar-refractivity contribution in [1.29, 1.82) is 0 Å². The molecule has 1 aliphatic rings. The summed E-state index contributed by atoms with van der Waals surface area (Å²) in [4.78, 5) is 13.4. The second kappa shape index (κ2) is 3.70. The maximum Gasteiger partial charge on any atom is 0.295 e. The van der Waals surface area contributed by atoms with Gasteiger partial charge in [0, 0.05) is 25.7 Å². The van der Waals surface area contributed by atoms with Gasteiger partial charge >= 0.3 is 0 Å². The van der Waals surface area contributed by atoms with Gasteiger partial charge in [-0.15, -0.1) is 10.2 Å². The minimum Gasteiger partial charge on any atom is -0.333 e. The number of hydrogen-bond donors (Lipinski definition) is 2. The summed E-state index contributed by atoms with van der Waals surface area (Å²) in [5, 5.41) is 16.2. The predicted octanol–water partition coefficient (Wildman–Crippen LogP) is -1.37. The maximum atomic E-state index is 11.7. The molecule has 0 spiro atoms. The highest BCUT2D eigenvalue weighted by Gasteiger charge is 2.23. The molecule has 2 heterocycles. The normalized spacial score (nSPS) is 22.4. The number of amides is 1. The highest BCUT2D eigenvalue weighted by molar-refractivity contribution is 5.90.